The highest BCUT2D eigenvalue weighted by atomic mass is 35.5. The third kappa shape index (κ3) is 5.37. The minimum absolute atomic E-state index is 0.00254. The maximum absolute atomic E-state index is 13.5. The predicted octanol–water partition coefficient (Wildman–Crippen LogP) is 3.37. The molecule has 3 N–H and O–H groups in total. The number of aromatic nitrogens is 2. The second kappa shape index (κ2) is 10.5. The fraction of sp³-hybridized carbons (Fsp3) is 0.348. The first-order valence-electron chi connectivity index (χ1n) is 10.5. The smallest absolute Gasteiger partial charge is 0.330 e. The molecule has 0 spiro atoms. The molecule has 2 heterocycles. The summed E-state index contributed by atoms with van der Waals surface area (Å²) in [6.07, 6.45) is 0.433. The number of halogens is 1. The summed E-state index contributed by atoms with van der Waals surface area (Å²) in [5, 5.41) is 0.476. The minimum atomic E-state index is -0.749. The molecule has 0 bridgehead atoms. The van der Waals surface area contributed by atoms with Crippen LogP contribution in [-0.4, -0.2) is 35.7 Å². The molecule has 3 aromatic rings. The molecule has 0 radical (unpaired) electrons. The number of H-pyrrole nitrogens is 1. The van der Waals surface area contributed by atoms with E-state index in [1.807, 2.05) is 13.8 Å². The highest BCUT2D eigenvalue weighted by Crippen LogP contribution is 2.30. The number of hydrogen-bond acceptors (Lipinski definition) is 6. The number of nitrogen functional groups attached to an aromatic ring is 1. The van der Waals surface area contributed by atoms with E-state index in [0.29, 0.717) is 29.4 Å². The molecule has 176 valence electrons. The monoisotopic (exact) mass is 474 g/mol. The zero-order valence-electron chi connectivity index (χ0n) is 18.8. The van der Waals surface area contributed by atoms with Gasteiger partial charge in [0.25, 0.3) is 11.5 Å². The van der Waals surface area contributed by atoms with Crippen molar-refractivity contribution in [1.29, 1.82) is 0 Å². The average molecular weight is 475 g/mol. The van der Waals surface area contributed by atoms with E-state index in [1.54, 1.807) is 37.4 Å². The number of carbonyl (C=O) groups is 1. The Kier molecular flexibility index (Phi) is 7.78. The van der Waals surface area contributed by atoms with Crippen LogP contribution in [0.2, 0.25) is 5.02 Å². The molecule has 10 heteroatoms. The standard InChI is InChI=1S/C23H27ClN4O5/c1-14(2)13-28-20(25)19(21(29)26-23(28)31)27(11-6-12-32-3)22(30)18-10-9-17(33-18)15-7-4-5-8-16(15)24/h4-5,7-10,14H,6,11-13,25H2,1-3H3,(H,26,29,31). The Morgan fingerprint density at radius 1 is 1.24 bits per heavy atom. The number of nitrogens with two attached hydrogens (primary N) is 1. The van der Waals surface area contributed by atoms with Gasteiger partial charge in [-0.25, -0.2) is 4.79 Å². The quantitative estimate of drug-likeness (QED) is 0.458. The van der Waals surface area contributed by atoms with Gasteiger partial charge in [0.15, 0.2) is 11.4 Å². The molecule has 1 amide bonds. The number of furan rings is 1. The third-order valence-electron chi connectivity index (χ3n) is 4.96. The van der Waals surface area contributed by atoms with Gasteiger partial charge in [-0.2, -0.15) is 0 Å². The van der Waals surface area contributed by atoms with Crippen molar-refractivity contribution in [3.05, 3.63) is 68.0 Å². The Labute approximate surface area is 195 Å². The van der Waals surface area contributed by atoms with Crippen LogP contribution in [0.15, 0.2) is 50.4 Å². The Bertz CT molecular complexity index is 1240. The van der Waals surface area contributed by atoms with Gasteiger partial charge >= 0.3 is 5.69 Å². The molecule has 2 aromatic heterocycles. The molecule has 0 unspecified atom stereocenters. The van der Waals surface area contributed by atoms with Gasteiger partial charge in [-0.15, -0.1) is 0 Å². The van der Waals surface area contributed by atoms with E-state index >= 15 is 0 Å². The molecule has 1 aromatic carbocycles. The molecule has 3 rings (SSSR count). The van der Waals surface area contributed by atoms with Crippen LogP contribution >= 0.6 is 11.6 Å². The van der Waals surface area contributed by atoms with Crippen LogP contribution in [0.3, 0.4) is 0 Å². The van der Waals surface area contributed by atoms with Crippen molar-refractivity contribution in [3.8, 4) is 11.3 Å². The van der Waals surface area contributed by atoms with Crippen molar-refractivity contribution < 1.29 is 13.9 Å². The number of nitrogens with zero attached hydrogens (tertiary/aromatic N) is 2. The van der Waals surface area contributed by atoms with Gasteiger partial charge in [-0.3, -0.25) is 24.0 Å². The van der Waals surface area contributed by atoms with Crippen molar-refractivity contribution in [1.82, 2.24) is 9.55 Å². The number of benzene rings is 1. The lowest BCUT2D eigenvalue weighted by atomic mass is 10.2. The summed E-state index contributed by atoms with van der Waals surface area (Å²) < 4.78 is 12.1. The van der Waals surface area contributed by atoms with Gasteiger partial charge in [-0.05, 0) is 36.6 Å². The van der Waals surface area contributed by atoms with Gasteiger partial charge in [0.2, 0.25) is 0 Å². The molecular weight excluding hydrogens is 448 g/mol. The normalized spacial score (nSPS) is 11.2. The van der Waals surface area contributed by atoms with Crippen LogP contribution in [0.5, 0.6) is 0 Å². The molecule has 0 aliphatic rings. The number of anilines is 2. The molecule has 0 aliphatic heterocycles. The molecule has 9 nitrogen and oxygen atoms in total. The predicted molar refractivity (Wildman–Crippen MR) is 128 cm³/mol. The second-order valence-electron chi connectivity index (χ2n) is 7.94. The van der Waals surface area contributed by atoms with Crippen LogP contribution in [0.4, 0.5) is 11.5 Å². The number of methoxy groups -OCH3 is 1. The maximum Gasteiger partial charge on any atom is 0.330 e. The van der Waals surface area contributed by atoms with Crippen LogP contribution in [0, 0.1) is 5.92 Å². The molecular formula is C23H27ClN4O5. The van der Waals surface area contributed by atoms with E-state index in [4.69, 9.17) is 26.5 Å². The second-order valence-corrected chi connectivity index (χ2v) is 8.35. The van der Waals surface area contributed by atoms with E-state index in [1.165, 1.54) is 15.5 Å². The number of hydrogen-bond donors (Lipinski definition) is 2. The first-order chi connectivity index (χ1) is 15.7. The summed E-state index contributed by atoms with van der Waals surface area (Å²) in [5.41, 5.74) is 5.39. The van der Waals surface area contributed by atoms with Gasteiger partial charge in [0, 0.05) is 32.4 Å². The Hall–Kier alpha value is -3.30. The van der Waals surface area contributed by atoms with Crippen molar-refractivity contribution in [2.75, 3.05) is 30.9 Å². The molecule has 33 heavy (non-hydrogen) atoms. The summed E-state index contributed by atoms with van der Waals surface area (Å²) in [6, 6.07) is 10.2. The van der Waals surface area contributed by atoms with E-state index in [-0.39, 0.29) is 36.3 Å². The third-order valence-corrected chi connectivity index (χ3v) is 5.29. The fourth-order valence-corrected chi connectivity index (χ4v) is 3.69. The lowest BCUT2D eigenvalue weighted by Crippen LogP contribution is -2.42. The number of aromatic amines is 1. The van der Waals surface area contributed by atoms with Crippen LogP contribution in [0.1, 0.15) is 30.8 Å². The molecule has 0 fully saturated rings. The van der Waals surface area contributed by atoms with Crippen LogP contribution < -0.4 is 21.9 Å². The summed E-state index contributed by atoms with van der Waals surface area (Å²) in [4.78, 5) is 42.0. The lowest BCUT2D eigenvalue weighted by Gasteiger charge is -2.24. The van der Waals surface area contributed by atoms with Crippen LogP contribution in [0.25, 0.3) is 11.3 Å². The van der Waals surface area contributed by atoms with Crippen molar-refractivity contribution in [2.45, 2.75) is 26.8 Å². The Morgan fingerprint density at radius 3 is 2.64 bits per heavy atom. The van der Waals surface area contributed by atoms with E-state index in [0.717, 1.165) is 0 Å². The minimum Gasteiger partial charge on any atom is -0.451 e. The number of nitrogens with one attached hydrogen (secondary N) is 1. The first-order valence-corrected chi connectivity index (χ1v) is 10.9. The van der Waals surface area contributed by atoms with E-state index in [2.05, 4.69) is 4.98 Å². The highest BCUT2D eigenvalue weighted by Gasteiger charge is 2.27. The zero-order chi connectivity index (χ0) is 24.1. The molecule has 0 saturated carbocycles. The Balaban J connectivity index is 2.06. The summed E-state index contributed by atoms with van der Waals surface area (Å²) in [7, 11) is 1.54. The first kappa shape index (κ1) is 24.3. The topological polar surface area (TPSA) is 124 Å². The molecule has 0 aliphatic carbocycles. The number of rotatable bonds is 9. The Morgan fingerprint density at radius 2 is 1.97 bits per heavy atom. The van der Waals surface area contributed by atoms with Gasteiger partial charge in [0.05, 0.1) is 5.02 Å². The average Bonchev–Trinajstić information content (AvgIpc) is 3.25. The van der Waals surface area contributed by atoms with Gasteiger partial charge in [0.1, 0.15) is 11.6 Å². The van der Waals surface area contributed by atoms with E-state index < -0.39 is 17.2 Å². The number of amides is 1. The highest BCUT2D eigenvalue weighted by molar-refractivity contribution is 6.33. The summed E-state index contributed by atoms with van der Waals surface area (Å²) in [6.45, 7) is 4.60. The van der Waals surface area contributed by atoms with Crippen molar-refractivity contribution in [2.24, 2.45) is 5.92 Å². The van der Waals surface area contributed by atoms with Gasteiger partial charge < -0.3 is 14.9 Å². The van der Waals surface area contributed by atoms with Crippen LogP contribution in [-0.2, 0) is 11.3 Å². The SMILES string of the molecule is COCCCN(C(=O)c1ccc(-c2ccccc2Cl)o1)c1c(N)n(CC(C)C)c(=O)[nH]c1=O. The number of ether oxygens (including phenoxy) is 1. The molecule has 0 saturated heterocycles. The largest absolute Gasteiger partial charge is 0.451 e. The summed E-state index contributed by atoms with van der Waals surface area (Å²) in [5.74, 6) is -0.155. The van der Waals surface area contributed by atoms with Crippen molar-refractivity contribution >= 4 is 29.0 Å². The lowest BCUT2D eigenvalue weighted by molar-refractivity contribution is 0.0957. The fourth-order valence-electron chi connectivity index (χ4n) is 3.46. The summed E-state index contributed by atoms with van der Waals surface area (Å²) >= 11 is 6.24. The zero-order valence-corrected chi connectivity index (χ0v) is 19.5. The van der Waals surface area contributed by atoms with E-state index in [9.17, 15) is 14.4 Å². The maximum atomic E-state index is 13.5. The molecule has 0 atom stereocenters. The van der Waals surface area contributed by atoms with Crippen molar-refractivity contribution in [3.63, 3.8) is 0 Å². The van der Waals surface area contributed by atoms with Gasteiger partial charge in [-0.1, -0.05) is 37.6 Å². The number of carbonyl (C=O) groups excluding carboxylic acids is 1.